The van der Waals surface area contributed by atoms with Crippen molar-refractivity contribution >= 4 is 5.91 Å². The number of nitrogens with one attached hydrogen (secondary N) is 1. The van der Waals surface area contributed by atoms with Gasteiger partial charge in [-0.05, 0) is 53.9 Å². The molecule has 4 nitrogen and oxygen atoms in total. The maximum absolute atomic E-state index is 13.0. The minimum absolute atomic E-state index is 0.176. The summed E-state index contributed by atoms with van der Waals surface area (Å²) in [7, 11) is 0. The van der Waals surface area contributed by atoms with Crippen molar-refractivity contribution in [3.8, 4) is 16.9 Å². The number of carbonyl (C=O) groups is 1. The van der Waals surface area contributed by atoms with E-state index < -0.39 is 0 Å². The highest BCUT2D eigenvalue weighted by molar-refractivity contribution is 5.95. The van der Waals surface area contributed by atoms with Crippen LogP contribution in [0, 0.1) is 5.82 Å². The SMILES string of the molecule is CC(NC(=O)c1ccc2c(c1)COc1cnccc1-2)c1ccc(F)cc1. The van der Waals surface area contributed by atoms with E-state index in [1.165, 1.54) is 12.1 Å². The molecule has 1 atom stereocenters. The van der Waals surface area contributed by atoms with Crippen LogP contribution in [0.25, 0.3) is 11.1 Å². The van der Waals surface area contributed by atoms with Crippen LogP contribution >= 0.6 is 0 Å². The number of rotatable bonds is 3. The molecule has 26 heavy (non-hydrogen) atoms. The molecule has 2 heterocycles. The van der Waals surface area contributed by atoms with Crippen LogP contribution in [-0.2, 0) is 6.61 Å². The van der Waals surface area contributed by atoms with Crippen molar-refractivity contribution < 1.29 is 13.9 Å². The first-order chi connectivity index (χ1) is 12.6. The van der Waals surface area contributed by atoms with Gasteiger partial charge in [0.2, 0.25) is 0 Å². The molecule has 1 amide bonds. The average molecular weight is 348 g/mol. The minimum atomic E-state index is -0.294. The second-order valence-corrected chi connectivity index (χ2v) is 6.28. The standard InChI is InChI=1S/C21H17FN2O2/c1-13(14-2-5-17(22)6-3-14)24-21(25)15-4-7-18-16(10-15)12-26-20-11-23-9-8-19(18)20/h2-11,13H,12H2,1H3,(H,24,25). The van der Waals surface area contributed by atoms with Crippen molar-refractivity contribution in [3.63, 3.8) is 0 Å². The lowest BCUT2D eigenvalue weighted by molar-refractivity contribution is 0.0939. The summed E-state index contributed by atoms with van der Waals surface area (Å²) in [6.07, 6.45) is 3.42. The largest absolute Gasteiger partial charge is 0.487 e. The van der Waals surface area contributed by atoms with Crippen molar-refractivity contribution in [2.45, 2.75) is 19.6 Å². The fourth-order valence-electron chi connectivity index (χ4n) is 3.10. The van der Waals surface area contributed by atoms with Gasteiger partial charge in [0.15, 0.2) is 0 Å². The second kappa shape index (κ2) is 6.59. The fraction of sp³-hybridized carbons (Fsp3) is 0.143. The lowest BCUT2D eigenvalue weighted by Gasteiger charge is -2.21. The first-order valence-corrected chi connectivity index (χ1v) is 8.38. The summed E-state index contributed by atoms with van der Waals surface area (Å²) in [4.78, 5) is 16.7. The topological polar surface area (TPSA) is 51.2 Å². The predicted molar refractivity (Wildman–Crippen MR) is 96.3 cm³/mol. The van der Waals surface area contributed by atoms with E-state index >= 15 is 0 Å². The first kappa shape index (κ1) is 16.3. The molecule has 0 radical (unpaired) electrons. The number of benzene rings is 2. The van der Waals surface area contributed by atoms with E-state index in [0.29, 0.717) is 12.2 Å². The highest BCUT2D eigenvalue weighted by Gasteiger charge is 2.19. The monoisotopic (exact) mass is 348 g/mol. The smallest absolute Gasteiger partial charge is 0.251 e. The van der Waals surface area contributed by atoms with E-state index in [4.69, 9.17) is 4.74 Å². The number of carbonyl (C=O) groups excluding carboxylic acids is 1. The van der Waals surface area contributed by atoms with Gasteiger partial charge in [0.1, 0.15) is 18.2 Å². The van der Waals surface area contributed by atoms with Crippen LogP contribution in [0.4, 0.5) is 4.39 Å². The van der Waals surface area contributed by atoms with Gasteiger partial charge in [-0.25, -0.2) is 4.39 Å². The Balaban J connectivity index is 1.55. The van der Waals surface area contributed by atoms with Crippen LogP contribution in [0.2, 0.25) is 0 Å². The maximum Gasteiger partial charge on any atom is 0.251 e. The van der Waals surface area contributed by atoms with Crippen molar-refractivity contribution in [3.05, 3.63) is 83.4 Å². The van der Waals surface area contributed by atoms with E-state index in [0.717, 1.165) is 28.0 Å². The molecule has 0 saturated heterocycles. The molecule has 1 aliphatic rings. The molecule has 2 aromatic carbocycles. The molecule has 0 spiro atoms. The van der Waals surface area contributed by atoms with Gasteiger partial charge >= 0.3 is 0 Å². The fourth-order valence-corrected chi connectivity index (χ4v) is 3.10. The molecule has 1 aromatic heterocycles. The Labute approximate surface area is 150 Å². The van der Waals surface area contributed by atoms with Crippen molar-refractivity contribution in [1.82, 2.24) is 10.3 Å². The Morgan fingerprint density at radius 1 is 1.15 bits per heavy atom. The Morgan fingerprint density at radius 2 is 1.96 bits per heavy atom. The number of nitrogens with zero attached hydrogens (tertiary/aromatic N) is 1. The molecule has 4 rings (SSSR count). The molecular weight excluding hydrogens is 331 g/mol. The number of amides is 1. The highest BCUT2D eigenvalue weighted by Crippen LogP contribution is 2.36. The lowest BCUT2D eigenvalue weighted by atomic mass is 9.96. The number of pyridine rings is 1. The third-order valence-electron chi connectivity index (χ3n) is 4.54. The maximum atomic E-state index is 13.0. The molecule has 1 aliphatic heterocycles. The summed E-state index contributed by atoms with van der Waals surface area (Å²) in [5, 5.41) is 2.95. The zero-order chi connectivity index (χ0) is 18.1. The van der Waals surface area contributed by atoms with Crippen LogP contribution in [0.5, 0.6) is 5.75 Å². The van der Waals surface area contributed by atoms with Crippen molar-refractivity contribution in [2.75, 3.05) is 0 Å². The third kappa shape index (κ3) is 3.04. The quantitative estimate of drug-likeness (QED) is 0.769. The Bertz CT molecular complexity index is 970. The van der Waals surface area contributed by atoms with Gasteiger partial charge in [0.25, 0.3) is 5.91 Å². The third-order valence-corrected chi connectivity index (χ3v) is 4.54. The van der Waals surface area contributed by atoms with Gasteiger partial charge in [-0.3, -0.25) is 9.78 Å². The highest BCUT2D eigenvalue weighted by atomic mass is 19.1. The number of halogens is 1. The molecule has 0 bridgehead atoms. The molecule has 1 N–H and O–H groups in total. The number of hydrogen-bond acceptors (Lipinski definition) is 3. The van der Waals surface area contributed by atoms with E-state index in [-0.39, 0.29) is 17.8 Å². The van der Waals surface area contributed by atoms with Gasteiger partial charge in [-0.1, -0.05) is 18.2 Å². The van der Waals surface area contributed by atoms with Crippen LogP contribution in [0.1, 0.15) is 34.5 Å². The zero-order valence-corrected chi connectivity index (χ0v) is 14.2. The van der Waals surface area contributed by atoms with Gasteiger partial charge in [0.05, 0.1) is 12.2 Å². The van der Waals surface area contributed by atoms with E-state index in [1.807, 2.05) is 25.1 Å². The lowest BCUT2D eigenvalue weighted by Crippen LogP contribution is -2.26. The van der Waals surface area contributed by atoms with Gasteiger partial charge in [-0.15, -0.1) is 0 Å². The number of hydrogen-bond donors (Lipinski definition) is 1. The van der Waals surface area contributed by atoms with Crippen LogP contribution < -0.4 is 10.1 Å². The van der Waals surface area contributed by atoms with Crippen LogP contribution in [-0.4, -0.2) is 10.9 Å². The normalized spacial score (nSPS) is 13.2. The molecule has 0 saturated carbocycles. The van der Waals surface area contributed by atoms with E-state index in [1.54, 1.807) is 30.6 Å². The molecule has 5 heteroatoms. The van der Waals surface area contributed by atoms with Crippen molar-refractivity contribution in [1.29, 1.82) is 0 Å². The summed E-state index contributed by atoms with van der Waals surface area (Å²) >= 11 is 0. The molecule has 0 aliphatic carbocycles. The molecular formula is C21H17FN2O2. The molecule has 130 valence electrons. The molecule has 0 fully saturated rings. The van der Waals surface area contributed by atoms with Crippen LogP contribution in [0.15, 0.2) is 60.9 Å². The number of aromatic nitrogens is 1. The van der Waals surface area contributed by atoms with Gasteiger partial charge in [-0.2, -0.15) is 0 Å². The average Bonchev–Trinajstić information content (AvgIpc) is 2.67. The summed E-state index contributed by atoms with van der Waals surface area (Å²) in [6.45, 7) is 2.28. The van der Waals surface area contributed by atoms with Gasteiger partial charge < -0.3 is 10.1 Å². The summed E-state index contributed by atoms with van der Waals surface area (Å²) in [5.41, 5.74) is 4.41. The first-order valence-electron chi connectivity index (χ1n) is 8.38. The molecule has 1 unspecified atom stereocenters. The number of fused-ring (bicyclic) bond motifs is 3. The number of ether oxygens (including phenoxy) is 1. The summed E-state index contributed by atoms with van der Waals surface area (Å²) in [5.74, 6) is 0.282. The second-order valence-electron chi connectivity index (χ2n) is 6.28. The predicted octanol–water partition coefficient (Wildman–Crippen LogP) is 4.27. The van der Waals surface area contributed by atoms with Crippen molar-refractivity contribution in [2.24, 2.45) is 0 Å². The summed E-state index contributed by atoms with van der Waals surface area (Å²) < 4.78 is 18.8. The Morgan fingerprint density at radius 3 is 2.77 bits per heavy atom. The minimum Gasteiger partial charge on any atom is -0.487 e. The Hall–Kier alpha value is -3.21. The van der Waals surface area contributed by atoms with Gasteiger partial charge in [0, 0.05) is 17.3 Å². The Kier molecular flexibility index (Phi) is 4.13. The van der Waals surface area contributed by atoms with E-state index in [2.05, 4.69) is 10.3 Å². The zero-order valence-electron chi connectivity index (χ0n) is 14.2. The van der Waals surface area contributed by atoms with E-state index in [9.17, 15) is 9.18 Å². The molecule has 3 aromatic rings. The summed E-state index contributed by atoms with van der Waals surface area (Å²) in [6, 6.07) is 13.4. The van der Waals surface area contributed by atoms with Crippen LogP contribution in [0.3, 0.4) is 0 Å².